The Morgan fingerprint density at radius 3 is 2.48 bits per heavy atom. The number of hydrogen-bond acceptors (Lipinski definition) is 4. The number of ether oxygens (including phenoxy) is 3. The molecule has 21 heavy (non-hydrogen) atoms. The van der Waals surface area contributed by atoms with Crippen molar-refractivity contribution in [3.8, 4) is 17.2 Å². The lowest BCUT2D eigenvalue weighted by Gasteiger charge is -2.17. The molecule has 0 aromatic heterocycles. The molecule has 0 saturated carbocycles. The second-order valence-electron chi connectivity index (χ2n) is 4.84. The average Bonchev–Trinajstić information content (AvgIpc) is 2.52. The standard InChI is InChI=1S/C17H21NO3/c1-12-5-4-6-14(9-12)21-11-16(18)15-8-7-13(19-2)10-17(15)20-3/h4-10,16H,11,18H2,1-3H3. The summed E-state index contributed by atoms with van der Waals surface area (Å²) in [4.78, 5) is 0. The van der Waals surface area contributed by atoms with Gasteiger partial charge in [-0.25, -0.2) is 0 Å². The van der Waals surface area contributed by atoms with Crippen LogP contribution in [0.2, 0.25) is 0 Å². The molecule has 1 atom stereocenters. The SMILES string of the molecule is COc1ccc(C(N)COc2cccc(C)c2)c(OC)c1. The molecule has 0 amide bonds. The van der Waals surface area contributed by atoms with Crippen LogP contribution in [0.5, 0.6) is 17.2 Å². The first kappa shape index (κ1) is 15.2. The van der Waals surface area contributed by atoms with Gasteiger partial charge in [0.25, 0.3) is 0 Å². The van der Waals surface area contributed by atoms with Crippen molar-refractivity contribution in [3.63, 3.8) is 0 Å². The molecule has 0 spiro atoms. The van der Waals surface area contributed by atoms with E-state index in [1.807, 2.05) is 49.4 Å². The molecule has 0 aliphatic heterocycles. The number of methoxy groups -OCH3 is 2. The molecule has 2 N–H and O–H groups in total. The largest absolute Gasteiger partial charge is 0.497 e. The van der Waals surface area contributed by atoms with Crippen molar-refractivity contribution in [3.05, 3.63) is 53.6 Å². The third-order valence-electron chi connectivity index (χ3n) is 3.26. The van der Waals surface area contributed by atoms with E-state index in [2.05, 4.69) is 0 Å². The highest BCUT2D eigenvalue weighted by molar-refractivity contribution is 5.42. The van der Waals surface area contributed by atoms with Crippen molar-refractivity contribution in [2.45, 2.75) is 13.0 Å². The molecule has 2 rings (SSSR count). The summed E-state index contributed by atoms with van der Waals surface area (Å²) in [6.45, 7) is 2.41. The quantitative estimate of drug-likeness (QED) is 0.887. The van der Waals surface area contributed by atoms with Gasteiger partial charge in [0.1, 0.15) is 23.9 Å². The Morgan fingerprint density at radius 2 is 1.81 bits per heavy atom. The fourth-order valence-electron chi connectivity index (χ4n) is 2.11. The highest BCUT2D eigenvalue weighted by Crippen LogP contribution is 2.28. The van der Waals surface area contributed by atoms with Crippen molar-refractivity contribution >= 4 is 0 Å². The van der Waals surface area contributed by atoms with Gasteiger partial charge in [-0.15, -0.1) is 0 Å². The van der Waals surface area contributed by atoms with Gasteiger partial charge in [-0.1, -0.05) is 12.1 Å². The van der Waals surface area contributed by atoms with Crippen LogP contribution in [0.3, 0.4) is 0 Å². The fraction of sp³-hybridized carbons (Fsp3) is 0.294. The molecule has 0 fully saturated rings. The van der Waals surface area contributed by atoms with Gasteiger partial charge in [-0.05, 0) is 36.8 Å². The maximum Gasteiger partial charge on any atom is 0.127 e. The van der Waals surface area contributed by atoms with Gasteiger partial charge in [-0.3, -0.25) is 0 Å². The van der Waals surface area contributed by atoms with Crippen molar-refractivity contribution < 1.29 is 14.2 Å². The molecule has 1 unspecified atom stereocenters. The Labute approximate surface area is 125 Å². The predicted octanol–water partition coefficient (Wildman–Crippen LogP) is 3.09. The summed E-state index contributed by atoms with van der Waals surface area (Å²) in [6.07, 6.45) is 0. The van der Waals surface area contributed by atoms with E-state index >= 15 is 0 Å². The lowest BCUT2D eigenvalue weighted by molar-refractivity contribution is 0.286. The Balaban J connectivity index is 2.07. The molecule has 2 aromatic carbocycles. The van der Waals surface area contributed by atoms with E-state index in [1.54, 1.807) is 14.2 Å². The number of nitrogens with two attached hydrogens (primary N) is 1. The van der Waals surface area contributed by atoms with Crippen molar-refractivity contribution in [1.29, 1.82) is 0 Å². The first-order valence-electron chi connectivity index (χ1n) is 6.81. The average molecular weight is 287 g/mol. The van der Waals surface area contributed by atoms with Gasteiger partial charge >= 0.3 is 0 Å². The van der Waals surface area contributed by atoms with Crippen LogP contribution in [0.25, 0.3) is 0 Å². The summed E-state index contributed by atoms with van der Waals surface area (Å²) in [5.74, 6) is 2.26. The molecule has 0 radical (unpaired) electrons. The second-order valence-corrected chi connectivity index (χ2v) is 4.84. The van der Waals surface area contributed by atoms with Gasteiger partial charge in [0.15, 0.2) is 0 Å². The monoisotopic (exact) mass is 287 g/mol. The second kappa shape index (κ2) is 6.99. The van der Waals surface area contributed by atoms with Gasteiger partial charge < -0.3 is 19.9 Å². The number of aryl methyl sites for hydroxylation is 1. The lowest BCUT2D eigenvalue weighted by Crippen LogP contribution is -2.19. The van der Waals surface area contributed by atoms with Crippen LogP contribution in [0.1, 0.15) is 17.2 Å². The molecule has 0 aliphatic carbocycles. The molecular weight excluding hydrogens is 266 g/mol. The Hall–Kier alpha value is -2.20. The van der Waals surface area contributed by atoms with E-state index in [1.165, 1.54) is 0 Å². The fourth-order valence-corrected chi connectivity index (χ4v) is 2.11. The Morgan fingerprint density at radius 1 is 1.00 bits per heavy atom. The number of rotatable bonds is 6. The van der Waals surface area contributed by atoms with Gasteiger partial charge in [0.05, 0.1) is 20.3 Å². The molecule has 112 valence electrons. The van der Waals surface area contributed by atoms with Gasteiger partial charge in [0.2, 0.25) is 0 Å². The summed E-state index contributed by atoms with van der Waals surface area (Å²) in [6, 6.07) is 13.2. The van der Waals surface area contributed by atoms with Crippen molar-refractivity contribution in [1.82, 2.24) is 0 Å². The van der Waals surface area contributed by atoms with Crippen molar-refractivity contribution in [2.24, 2.45) is 5.73 Å². The van der Waals surface area contributed by atoms with E-state index in [0.717, 1.165) is 22.6 Å². The van der Waals surface area contributed by atoms with E-state index in [4.69, 9.17) is 19.9 Å². The predicted molar refractivity (Wildman–Crippen MR) is 83.1 cm³/mol. The summed E-state index contributed by atoms with van der Waals surface area (Å²) < 4.78 is 16.3. The molecular formula is C17H21NO3. The van der Waals surface area contributed by atoms with Crippen LogP contribution in [0.15, 0.2) is 42.5 Å². The molecule has 0 heterocycles. The maximum atomic E-state index is 6.20. The topological polar surface area (TPSA) is 53.7 Å². The van der Waals surface area contributed by atoms with Crippen LogP contribution in [-0.4, -0.2) is 20.8 Å². The third kappa shape index (κ3) is 3.89. The van der Waals surface area contributed by atoms with Crippen LogP contribution in [0.4, 0.5) is 0 Å². The maximum absolute atomic E-state index is 6.20. The van der Waals surface area contributed by atoms with Gasteiger partial charge in [0, 0.05) is 11.6 Å². The lowest BCUT2D eigenvalue weighted by atomic mass is 10.1. The third-order valence-corrected chi connectivity index (χ3v) is 3.26. The molecule has 0 aliphatic rings. The van der Waals surface area contributed by atoms with Gasteiger partial charge in [-0.2, -0.15) is 0 Å². The van der Waals surface area contributed by atoms with Crippen molar-refractivity contribution in [2.75, 3.05) is 20.8 Å². The summed E-state index contributed by atoms with van der Waals surface area (Å²) >= 11 is 0. The zero-order chi connectivity index (χ0) is 15.2. The zero-order valence-corrected chi connectivity index (χ0v) is 12.6. The smallest absolute Gasteiger partial charge is 0.127 e. The van der Waals surface area contributed by atoms with Crippen LogP contribution < -0.4 is 19.9 Å². The minimum absolute atomic E-state index is 0.272. The first-order valence-corrected chi connectivity index (χ1v) is 6.81. The highest BCUT2D eigenvalue weighted by Gasteiger charge is 2.13. The van der Waals surface area contributed by atoms with E-state index in [-0.39, 0.29) is 6.04 Å². The summed E-state index contributed by atoms with van der Waals surface area (Å²) in [5.41, 5.74) is 8.25. The zero-order valence-electron chi connectivity index (χ0n) is 12.6. The Bertz CT molecular complexity index is 598. The Kier molecular flexibility index (Phi) is 5.06. The van der Waals surface area contributed by atoms with E-state index in [0.29, 0.717) is 12.4 Å². The van der Waals surface area contributed by atoms with Crippen LogP contribution in [0, 0.1) is 6.92 Å². The first-order chi connectivity index (χ1) is 10.1. The van der Waals surface area contributed by atoms with Crippen LogP contribution in [-0.2, 0) is 0 Å². The summed E-state index contributed by atoms with van der Waals surface area (Å²) in [5, 5.41) is 0. The molecule has 0 bridgehead atoms. The summed E-state index contributed by atoms with van der Waals surface area (Å²) in [7, 11) is 3.24. The minimum Gasteiger partial charge on any atom is -0.497 e. The molecule has 4 nitrogen and oxygen atoms in total. The highest BCUT2D eigenvalue weighted by atomic mass is 16.5. The number of benzene rings is 2. The normalized spacial score (nSPS) is 11.8. The van der Waals surface area contributed by atoms with E-state index in [9.17, 15) is 0 Å². The minimum atomic E-state index is -0.272. The number of hydrogen-bond donors (Lipinski definition) is 1. The molecule has 0 saturated heterocycles. The van der Waals surface area contributed by atoms with Crippen LogP contribution >= 0.6 is 0 Å². The molecule has 4 heteroatoms. The van der Waals surface area contributed by atoms with E-state index < -0.39 is 0 Å². The molecule has 2 aromatic rings.